The van der Waals surface area contributed by atoms with Crippen LogP contribution < -0.4 is 10.6 Å². The minimum Gasteiger partial charge on any atom is -0.356 e. The third-order valence-electron chi connectivity index (χ3n) is 6.91. The third kappa shape index (κ3) is 5.56. The molecule has 2 unspecified atom stereocenters. The Balaban J connectivity index is 1.44. The van der Waals surface area contributed by atoms with Gasteiger partial charge in [-0.15, -0.1) is 0 Å². The van der Waals surface area contributed by atoms with Crippen molar-refractivity contribution in [2.45, 2.75) is 50.5 Å². The largest absolute Gasteiger partial charge is 0.356 e. The van der Waals surface area contributed by atoms with Crippen LogP contribution in [0.2, 0.25) is 0 Å². The van der Waals surface area contributed by atoms with Gasteiger partial charge in [-0.2, -0.15) is 11.8 Å². The molecule has 0 radical (unpaired) electrons. The number of nitrogens with zero attached hydrogens (tertiary/aromatic N) is 2. The first kappa shape index (κ1) is 24.9. The SMILES string of the molecule is CSCCC1NC2(CCN(C(=S)NC(C)c3ccccc3)CC2)N(Cc2ccc(F)cc2)C1=O. The Bertz CT molecular complexity index is 980. The maximum absolute atomic E-state index is 13.4. The summed E-state index contributed by atoms with van der Waals surface area (Å²) in [5, 5.41) is 7.91. The fourth-order valence-electron chi connectivity index (χ4n) is 4.89. The Morgan fingerprint density at radius 1 is 1.21 bits per heavy atom. The summed E-state index contributed by atoms with van der Waals surface area (Å²) in [6, 6.07) is 16.7. The highest BCUT2D eigenvalue weighted by Crippen LogP contribution is 2.35. The number of thiocarbonyl (C=S) groups is 1. The first-order valence-electron chi connectivity index (χ1n) is 11.8. The van der Waals surface area contributed by atoms with E-state index in [0.29, 0.717) is 6.54 Å². The van der Waals surface area contributed by atoms with Gasteiger partial charge in [0.15, 0.2) is 5.11 Å². The van der Waals surface area contributed by atoms with Gasteiger partial charge in [0.1, 0.15) is 5.82 Å². The minimum absolute atomic E-state index is 0.127. The molecule has 8 heteroatoms. The molecule has 2 aliphatic rings. The van der Waals surface area contributed by atoms with E-state index in [2.05, 4.69) is 40.8 Å². The first-order valence-corrected chi connectivity index (χ1v) is 13.6. The molecule has 1 amide bonds. The molecule has 0 bridgehead atoms. The van der Waals surface area contributed by atoms with Crippen molar-refractivity contribution in [2.24, 2.45) is 0 Å². The van der Waals surface area contributed by atoms with Crippen LogP contribution in [0.5, 0.6) is 0 Å². The molecule has 2 aliphatic heterocycles. The van der Waals surface area contributed by atoms with E-state index in [1.807, 2.05) is 23.1 Å². The molecule has 34 heavy (non-hydrogen) atoms. The number of hydrogen-bond acceptors (Lipinski definition) is 4. The molecule has 0 aliphatic carbocycles. The average Bonchev–Trinajstić information content (AvgIpc) is 3.10. The zero-order chi connectivity index (χ0) is 24.1. The summed E-state index contributed by atoms with van der Waals surface area (Å²) in [7, 11) is 0. The predicted octanol–water partition coefficient (Wildman–Crippen LogP) is 4.31. The zero-order valence-corrected chi connectivity index (χ0v) is 21.4. The van der Waals surface area contributed by atoms with Gasteiger partial charge in [0.05, 0.1) is 17.7 Å². The molecular formula is C26H33FN4OS2. The Kier molecular flexibility index (Phi) is 8.11. The lowest BCUT2D eigenvalue weighted by Gasteiger charge is -2.45. The number of carbonyl (C=O) groups excluding carboxylic acids is 1. The highest BCUT2D eigenvalue weighted by Gasteiger charge is 2.51. The maximum atomic E-state index is 13.4. The number of amides is 1. The molecule has 1 spiro atoms. The van der Waals surface area contributed by atoms with Crippen molar-refractivity contribution in [1.29, 1.82) is 0 Å². The summed E-state index contributed by atoms with van der Waals surface area (Å²) in [5.41, 5.74) is 1.74. The van der Waals surface area contributed by atoms with Crippen molar-refractivity contribution in [3.63, 3.8) is 0 Å². The molecule has 2 saturated heterocycles. The van der Waals surface area contributed by atoms with Gasteiger partial charge in [-0.3, -0.25) is 10.1 Å². The van der Waals surface area contributed by atoms with Crippen LogP contribution in [0.1, 0.15) is 43.4 Å². The van der Waals surface area contributed by atoms with Crippen LogP contribution in [0, 0.1) is 5.82 Å². The number of benzene rings is 2. The van der Waals surface area contributed by atoms with E-state index in [-0.39, 0.29) is 23.8 Å². The average molecular weight is 501 g/mol. The van der Waals surface area contributed by atoms with Crippen molar-refractivity contribution in [3.05, 3.63) is 71.5 Å². The highest BCUT2D eigenvalue weighted by atomic mass is 32.2. The first-order chi connectivity index (χ1) is 16.4. The molecule has 0 aromatic heterocycles. The lowest BCUT2D eigenvalue weighted by atomic mass is 9.95. The summed E-state index contributed by atoms with van der Waals surface area (Å²) >= 11 is 7.49. The Morgan fingerprint density at radius 3 is 2.53 bits per heavy atom. The summed E-state index contributed by atoms with van der Waals surface area (Å²) < 4.78 is 13.4. The van der Waals surface area contributed by atoms with Crippen molar-refractivity contribution in [2.75, 3.05) is 25.1 Å². The number of halogens is 1. The van der Waals surface area contributed by atoms with Crippen molar-refractivity contribution < 1.29 is 9.18 Å². The van der Waals surface area contributed by atoms with Crippen LogP contribution in [-0.4, -0.2) is 57.6 Å². The quantitative estimate of drug-likeness (QED) is 0.553. The Hall–Kier alpha value is -2.16. The summed E-state index contributed by atoms with van der Waals surface area (Å²) in [5.74, 6) is 0.813. The topological polar surface area (TPSA) is 47.6 Å². The molecule has 0 saturated carbocycles. The third-order valence-corrected chi connectivity index (χ3v) is 7.93. The second-order valence-electron chi connectivity index (χ2n) is 9.13. The lowest BCUT2D eigenvalue weighted by Crippen LogP contribution is -2.60. The Labute approximate surface area is 211 Å². The number of nitrogens with one attached hydrogen (secondary N) is 2. The van der Waals surface area contributed by atoms with E-state index in [1.165, 1.54) is 17.7 Å². The van der Waals surface area contributed by atoms with Gasteiger partial charge in [-0.25, -0.2) is 4.39 Å². The second-order valence-corrected chi connectivity index (χ2v) is 10.5. The molecule has 2 N–H and O–H groups in total. The smallest absolute Gasteiger partial charge is 0.241 e. The van der Waals surface area contributed by atoms with Gasteiger partial charge < -0.3 is 15.1 Å². The standard InChI is InChI=1S/C26H33FN4OS2/c1-19(21-6-4-3-5-7-21)28-25(33)30-15-13-26(14-16-30)29-23(12-17-34-2)24(32)31(26)18-20-8-10-22(27)11-9-20/h3-11,19,23,29H,12-18H2,1-2H3,(H,28,33). The van der Waals surface area contributed by atoms with E-state index < -0.39 is 5.66 Å². The monoisotopic (exact) mass is 500 g/mol. The molecule has 182 valence electrons. The van der Waals surface area contributed by atoms with E-state index in [9.17, 15) is 9.18 Å². The van der Waals surface area contributed by atoms with Gasteiger partial charge >= 0.3 is 0 Å². The minimum atomic E-state index is -0.397. The summed E-state index contributed by atoms with van der Waals surface area (Å²) in [6.07, 6.45) is 4.45. The van der Waals surface area contributed by atoms with Gasteiger partial charge in [-0.1, -0.05) is 42.5 Å². The summed E-state index contributed by atoms with van der Waals surface area (Å²) in [6.45, 7) is 4.13. The lowest BCUT2D eigenvalue weighted by molar-refractivity contribution is -0.134. The van der Waals surface area contributed by atoms with Crippen LogP contribution >= 0.6 is 24.0 Å². The van der Waals surface area contributed by atoms with Gasteiger partial charge in [-0.05, 0) is 60.8 Å². The van der Waals surface area contributed by atoms with Crippen LogP contribution in [0.4, 0.5) is 4.39 Å². The molecule has 2 aromatic carbocycles. The number of likely N-dealkylation sites (tertiary alicyclic amines) is 1. The molecule has 2 aromatic rings. The Morgan fingerprint density at radius 2 is 1.88 bits per heavy atom. The van der Waals surface area contributed by atoms with Crippen LogP contribution in [0.3, 0.4) is 0 Å². The number of thioether (sulfide) groups is 1. The van der Waals surface area contributed by atoms with Gasteiger partial charge in [0.25, 0.3) is 0 Å². The summed E-state index contributed by atoms with van der Waals surface area (Å²) in [4.78, 5) is 17.6. The van der Waals surface area contributed by atoms with Gasteiger partial charge in [0, 0.05) is 32.5 Å². The number of piperidine rings is 1. The van der Waals surface area contributed by atoms with Crippen LogP contribution in [0.15, 0.2) is 54.6 Å². The molecule has 5 nitrogen and oxygen atoms in total. The molecule has 4 rings (SSSR count). The molecule has 2 heterocycles. The fraction of sp³-hybridized carbons (Fsp3) is 0.462. The number of hydrogen-bond donors (Lipinski definition) is 2. The second kappa shape index (κ2) is 11.1. The number of rotatable bonds is 7. The van der Waals surface area contributed by atoms with Crippen molar-refractivity contribution in [1.82, 2.24) is 20.4 Å². The van der Waals surface area contributed by atoms with Crippen LogP contribution in [0.25, 0.3) is 0 Å². The normalized spacial score (nSPS) is 20.6. The van der Waals surface area contributed by atoms with Crippen LogP contribution in [-0.2, 0) is 11.3 Å². The molecule has 2 fully saturated rings. The predicted molar refractivity (Wildman–Crippen MR) is 141 cm³/mol. The highest BCUT2D eigenvalue weighted by molar-refractivity contribution is 7.98. The van der Waals surface area contributed by atoms with Gasteiger partial charge in [0.2, 0.25) is 5.91 Å². The zero-order valence-electron chi connectivity index (χ0n) is 19.8. The van der Waals surface area contributed by atoms with Crippen molar-refractivity contribution in [3.8, 4) is 0 Å². The fourth-order valence-corrected chi connectivity index (χ4v) is 5.72. The van der Waals surface area contributed by atoms with E-state index in [0.717, 1.165) is 48.8 Å². The number of carbonyl (C=O) groups is 1. The van der Waals surface area contributed by atoms with E-state index in [1.54, 1.807) is 23.9 Å². The molecule has 2 atom stereocenters. The molecular weight excluding hydrogens is 467 g/mol. The van der Waals surface area contributed by atoms with E-state index in [4.69, 9.17) is 12.2 Å². The van der Waals surface area contributed by atoms with E-state index >= 15 is 0 Å². The maximum Gasteiger partial charge on any atom is 0.241 e. The van der Waals surface area contributed by atoms with Crippen molar-refractivity contribution >= 4 is 35.0 Å².